The summed E-state index contributed by atoms with van der Waals surface area (Å²) in [6, 6.07) is 5.78. The summed E-state index contributed by atoms with van der Waals surface area (Å²) in [5.74, 6) is 1.57. The second-order valence-electron chi connectivity index (χ2n) is 6.55. The number of halogens is 1. The molecule has 0 bridgehead atoms. The quantitative estimate of drug-likeness (QED) is 0.877. The number of methoxy groups -OCH3 is 1. The van der Waals surface area contributed by atoms with Crippen molar-refractivity contribution in [1.29, 1.82) is 0 Å². The second kappa shape index (κ2) is 4.99. The van der Waals surface area contributed by atoms with E-state index in [1.165, 1.54) is 0 Å². The van der Waals surface area contributed by atoms with Crippen molar-refractivity contribution >= 4 is 11.6 Å². The number of benzene rings is 1. The second-order valence-corrected chi connectivity index (χ2v) is 6.95. The summed E-state index contributed by atoms with van der Waals surface area (Å²) in [7, 11) is 1.68. The van der Waals surface area contributed by atoms with Gasteiger partial charge in [-0.1, -0.05) is 45.4 Å². The smallest absolute Gasteiger partial charge is 0.124 e. The van der Waals surface area contributed by atoms with Crippen LogP contribution in [0.3, 0.4) is 0 Å². The first-order valence-corrected chi connectivity index (χ1v) is 7.22. The molecule has 0 saturated heterocycles. The van der Waals surface area contributed by atoms with Crippen molar-refractivity contribution in [2.45, 2.75) is 34.2 Å². The summed E-state index contributed by atoms with van der Waals surface area (Å²) < 4.78 is 5.36. The molecule has 3 heteroatoms. The molecule has 1 fully saturated rings. The largest absolute Gasteiger partial charge is 0.496 e. The van der Waals surface area contributed by atoms with Crippen LogP contribution < -0.4 is 10.1 Å². The Balaban J connectivity index is 1.95. The molecule has 2 rings (SSSR count). The van der Waals surface area contributed by atoms with Crippen LogP contribution >= 0.6 is 11.6 Å². The number of rotatable bonds is 5. The zero-order valence-corrected chi connectivity index (χ0v) is 13.3. The van der Waals surface area contributed by atoms with Gasteiger partial charge in [-0.2, -0.15) is 0 Å². The van der Waals surface area contributed by atoms with E-state index in [1.807, 2.05) is 18.2 Å². The molecule has 0 radical (unpaired) electrons. The Morgan fingerprint density at radius 3 is 2.37 bits per heavy atom. The molecule has 2 nitrogen and oxygen atoms in total. The summed E-state index contributed by atoms with van der Waals surface area (Å²) >= 11 is 6.23. The fourth-order valence-corrected chi connectivity index (χ4v) is 3.32. The fraction of sp³-hybridized carbons (Fsp3) is 0.625. The van der Waals surface area contributed by atoms with Gasteiger partial charge in [-0.15, -0.1) is 0 Å². The molecule has 1 aliphatic rings. The van der Waals surface area contributed by atoms with Gasteiger partial charge in [0.1, 0.15) is 5.75 Å². The van der Waals surface area contributed by atoms with Gasteiger partial charge in [-0.3, -0.25) is 0 Å². The SMILES string of the molecule is COc1cccc(Cl)c1CNCC1C(C)(C)C1(C)C. The molecule has 0 unspecified atom stereocenters. The minimum atomic E-state index is 0.421. The maximum absolute atomic E-state index is 6.23. The Bertz CT molecular complexity index is 454. The molecule has 0 heterocycles. The van der Waals surface area contributed by atoms with Gasteiger partial charge in [0.25, 0.3) is 0 Å². The average Bonchev–Trinajstić information content (AvgIpc) is 2.73. The summed E-state index contributed by atoms with van der Waals surface area (Å²) in [6.45, 7) is 11.1. The molecular formula is C16H24ClNO. The van der Waals surface area contributed by atoms with Crippen LogP contribution in [0.4, 0.5) is 0 Å². The number of hydrogen-bond donors (Lipinski definition) is 1. The van der Waals surface area contributed by atoms with Crippen molar-refractivity contribution in [2.24, 2.45) is 16.7 Å². The minimum absolute atomic E-state index is 0.421. The number of ether oxygens (including phenoxy) is 1. The Kier molecular flexibility index (Phi) is 3.85. The van der Waals surface area contributed by atoms with Crippen molar-refractivity contribution in [3.05, 3.63) is 28.8 Å². The van der Waals surface area contributed by atoms with E-state index in [9.17, 15) is 0 Å². The third-order valence-corrected chi connectivity index (χ3v) is 5.62. The topological polar surface area (TPSA) is 21.3 Å². The molecular weight excluding hydrogens is 258 g/mol. The molecule has 0 amide bonds. The molecule has 1 N–H and O–H groups in total. The third kappa shape index (κ3) is 2.48. The molecule has 0 aliphatic heterocycles. The zero-order valence-electron chi connectivity index (χ0n) is 12.5. The van der Waals surface area contributed by atoms with Crippen LogP contribution in [-0.4, -0.2) is 13.7 Å². The molecule has 1 aliphatic carbocycles. The highest BCUT2D eigenvalue weighted by molar-refractivity contribution is 6.31. The molecule has 0 atom stereocenters. The van der Waals surface area contributed by atoms with Gasteiger partial charge in [0.05, 0.1) is 7.11 Å². The Morgan fingerprint density at radius 2 is 1.84 bits per heavy atom. The standard InChI is InChI=1S/C16H24ClNO/c1-15(2)14(16(15,3)4)10-18-9-11-12(17)7-6-8-13(11)19-5/h6-8,14,18H,9-10H2,1-5H3. The van der Waals surface area contributed by atoms with Gasteiger partial charge in [0.15, 0.2) is 0 Å². The van der Waals surface area contributed by atoms with Crippen LogP contribution in [-0.2, 0) is 6.54 Å². The van der Waals surface area contributed by atoms with Gasteiger partial charge in [0.2, 0.25) is 0 Å². The molecule has 1 aromatic rings. The van der Waals surface area contributed by atoms with Crippen LogP contribution in [0, 0.1) is 16.7 Å². The maximum atomic E-state index is 6.23. The Hall–Kier alpha value is -0.730. The third-order valence-electron chi connectivity index (χ3n) is 5.27. The van der Waals surface area contributed by atoms with Gasteiger partial charge in [-0.25, -0.2) is 0 Å². The van der Waals surface area contributed by atoms with Crippen molar-refractivity contribution in [2.75, 3.05) is 13.7 Å². The van der Waals surface area contributed by atoms with Crippen LogP contribution in [0.15, 0.2) is 18.2 Å². The van der Waals surface area contributed by atoms with E-state index in [-0.39, 0.29) is 0 Å². The van der Waals surface area contributed by atoms with Crippen LogP contribution in [0.2, 0.25) is 5.02 Å². The van der Waals surface area contributed by atoms with Crippen LogP contribution in [0.1, 0.15) is 33.3 Å². The van der Waals surface area contributed by atoms with Crippen molar-refractivity contribution in [3.63, 3.8) is 0 Å². The van der Waals surface area contributed by atoms with Crippen molar-refractivity contribution in [3.8, 4) is 5.75 Å². The van der Waals surface area contributed by atoms with E-state index in [1.54, 1.807) is 7.11 Å². The highest BCUT2D eigenvalue weighted by Gasteiger charge is 2.63. The number of nitrogens with one attached hydrogen (secondary N) is 1. The molecule has 0 aromatic heterocycles. The van der Waals surface area contributed by atoms with Gasteiger partial charge >= 0.3 is 0 Å². The fourth-order valence-electron chi connectivity index (χ4n) is 3.09. The van der Waals surface area contributed by atoms with E-state index < -0.39 is 0 Å². The van der Waals surface area contributed by atoms with E-state index in [0.717, 1.165) is 29.4 Å². The lowest BCUT2D eigenvalue weighted by Crippen LogP contribution is -2.19. The van der Waals surface area contributed by atoms with Crippen LogP contribution in [0.25, 0.3) is 0 Å². The monoisotopic (exact) mass is 281 g/mol. The van der Waals surface area contributed by atoms with Gasteiger partial charge in [0, 0.05) is 17.1 Å². The van der Waals surface area contributed by atoms with Crippen molar-refractivity contribution in [1.82, 2.24) is 5.32 Å². The summed E-state index contributed by atoms with van der Waals surface area (Å²) in [4.78, 5) is 0. The van der Waals surface area contributed by atoms with E-state index >= 15 is 0 Å². The first kappa shape index (κ1) is 14.7. The summed E-state index contributed by atoms with van der Waals surface area (Å²) in [5, 5.41) is 4.29. The Morgan fingerprint density at radius 1 is 1.21 bits per heavy atom. The zero-order chi connectivity index (χ0) is 14.3. The molecule has 1 saturated carbocycles. The molecule has 1 aromatic carbocycles. The van der Waals surface area contributed by atoms with Crippen LogP contribution in [0.5, 0.6) is 5.75 Å². The lowest BCUT2D eigenvalue weighted by Gasteiger charge is -2.12. The first-order valence-electron chi connectivity index (χ1n) is 6.84. The van der Waals surface area contributed by atoms with Gasteiger partial charge < -0.3 is 10.1 Å². The predicted octanol–water partition coefficient (Wildman–Crippen LogP) is 4.12. The lowest BCUT2D eigenvalue weighted by molar-refractivity contribution is 0.406. The minimum Gasteiger partial charge on any atom is -0.496 e. The molecule has 106 valence electrons. The Labute approximate surface area is 121 Å². The van der Waals surface area contributed by atoms with E-state index in [0.29, 0.717) is 16.7 Å². The molecule has 19 heavy (non-hydrogen) atoms. The highest BCUT2D eigenvalue weighted by atomic mass is 35.5. The first-order chi connectivity index (χ1) is 8.82. The molecule has 0 spiro atoms. The number of hydrogen-bond acceptors (Lipinski definition) is 2. The normalized spacial score (nSPS) is 20.3. The average molecular weight is 282 g/mol. The maximum Gasteiger partial charge on any atom is 0.124 e. The lowest BCUT2D eigenvalue weighted by atomic mass is 10.0. The van der Waals surface area contributed by atoms with Crippen molar-refractivity contribution < 1.29 is 4.74 Å². The van der Waals surface area contributed by atoms with E-state index in [2.05, 4.69) is 33.0 Å². The highest BCUT2D eigenvalue weighted by Crippen LogP contribution is 2.67. The predicted molar refractivity (Wildman–Crippen MR) is 80.8 cm³/mol. The van der Waals surface area contributed by atoms with Gasteiger partial charge in [-0.05, 0) is 35.4 Å². The van der Waals surface area contributed by atoms with E-state index in [4.69, 9.17) is 16.3 Å². The summed E-state index contributed by atoms with van der Waals surface area (Å²) in [5.41, 5.74) is 1.89. The summed E-state index contributed by atoms with van der Waals surface area (Å²) in [6.07, 6.45) is 0.